The molecule has 2 aromatic carbocycles. The predicted molar refractivity (Wildman–Crippen MR) is 129 cm³/mol. The van der Waals surface area contributed by atoms with Crippen molar-refractivity contribution in [2.75, 3.05) is 13.2 Å². The Kier molecular flexibility index (Phi) is 8.64. The highest BCUT2D eigenvalue weighted by Gasteiger charge is 2.19. The normalized spacial score (nSPS) is 17.8. The van der Waals surface area contributed by atoms with Crippen molar-refractivity contribution in [3.8, 4) is 0 Å². The molecule has 0 unspecified atom stereocenters. The minimum Gasteiger partial charge on any atom is -0.434 e. The molecule has 0 radical (unpaired) electrons. The number of carbonyl (C=O) groups excluding carboxylic acids is 1. The van der Waals surface area contributed by atoms with E-state index in [2.05, 4.69) is 48.5 Å². The molecule has 2 aliphatic rings. The molecule has 0 aliphatic heterocycles. The Morgan fingerprint density at radius 3 is 1.47 bits per heavy atom. The smallest absolute Gasteiger partial charge is 0.434 e. The summed E-state index contributed by atoms with van der Waals surface area (Å²) in [5.74, 6) is 1.33. The first-order valence-corrected chi connectivity index (χ1v) is 12.8. The van der Waals surface area contributed by atoms with Gasteiger partial charge in [-0.1, -0.05) is 87.1 Å². The van der Waals surface area contributed by atoms with Gasteiger partial charge in [0.15, 0.2) is 0 Å². The monoisotopic (exact) mass is 434 g/mol. The molecule has 0 N–H and O–H groups in total. The maximum absolute atomic E-state index is 12.2. The van der Waals surface area contributed by atoms with Crippen molar-refractivity contribution in [1.82, 2.24) is 0 Å². The highest BCUT2D eigenvalue weighted by Crippen LogP contribution is 2.35. The first-order valence-electron chi connectivity index (χ1n) is 12.8. The highest BCUT2D eigenvalue weighted by atomic mass is 16.7. The van der Waals surface area contributed by atoms with E-state index in [1.165, 1.54) is 86.5 Å². The molecule has 0 amide bonds. The van der Waals surface area contributed by atoms with Crippen molar-refractivity contribution in [2.24, 2.45) is 0 Å². The van der Waals surface area contributed by atoms with Crippen molar-refractivity contribution < 1.29 is 14.3 Å². The van der Waals surface area contributed by atoms with Crippen molar-refractivity contribution in [1.29, 1.82) is 0 Å². The Morgan fingerprint density at radius 2 is 1.03 bits per heavy atom. The summed E-state index contributed by atoms with van der Waals surface area (Å²) in [5.41, 5.74) is 5.52. The molecule has 0 atom stereocenters. The Morgan fingerprint density at radius 1 is 0.625 bits per heavy atom. The molecule has 3 nitrogen and oxygen atoms in total. The van der Waals surface area contributed by atoms with Gasteiger partial charge in [0.25, 0.3) is 0 Å². The van der Waals surface area contributed by atoms with Gasteiger partial charge < -0.3 is 9.47 Å². The van der Waals surface area contributed by atoms with Crippen molar-refractivity contribution in [3.63, 3.8) is 0 Å². The molecule has 0 saturated heterocycles. The van der Waals surface area contributed by atoms with Crippen LogP contribution in [0.4, 0.5) is 4.79 Å². The minimum atomic E-state index is -0.546. The fourth-order valence-electron chi connectivity index (χ4n) is 5.68. The maximum Gasteiger partial charge on any atom is 0.508 e. The van der Waals surface area contributed by atoms with Gasteiger partial charge in [0, 0.05) is 12.8 Å². The van der Waals surface area contributed by atoms with E-state index >= 15 is 0 Å². The van der Waals surface area contributed by atoms with Crippen LogP contribution < -0.4 is 0 Å². The van der Waals surface area contributed by atoms with Gasteiger partial charge in [0.1, 0.15) is 0 Å². The van der Waals surface area contributed by atoms with Crippen LogP contribution in [0.5, 0.6) is 0 Å². The van der Waals surface area contributed by atoms with E-state index in [9.17, 15) is 4.79 Å². The largest absolute Gasteiger partial charge is 0.508 e. The van der Waals surface area contributed by atoms with Crippen LogP contribution in [0.25, 0.3) is 0 Å². The fourth-order valence-corrected chi connectivity index (χ4v) is 5.68. The average molecular weight is 435 g/mol. The second-order valence-corrected chi connectivity index (χ2v) is 9.51. The molecule has 0 bridgehead atoms. The third-order valence-corrected chi connectivity index (χ3v) is 7.38. The quantitative estimate of drug-likeness (QED) is 0.399. The lowest BCUT2D eigenvalue weighted by molar-refractivity contribution is 0.0568. The van der Waals surface area contributed by atoms with Gasteiger partial charge in [-0.05, 0) is 59.8 Å². The number of benzene rings is 2. The van der Waals surface area contributed by atoms with E-state index in [0.717, 1.165) is 12.8 Å². The van der Waals surface area contributed by atoms with Gasteiger partial charge in [-0.2, -0.15) is 0 Å². The van der Waals surface area contributed by atoms with Gasteiger partial charge in [-0.3, -0.25) is 0 Å². The van der Waals surface area contributed by atoms with Crippen LogP contribution in [-0.2, 0) is 22.3 Å². The second-order valence-electron chi connectivity index (χ2n) is 9.51. The van der Waals surface area contributed by atoms with Crippen LogP contribution in [-0.4, -0.2) is 19.4 Å². The minimum absolute atomic E-state index is 0.376. The molecule has 172 valence electrons. The summed E-state index contributed by atoms with van der Waals surface area (Å²) in [6.45, 7) is 0.752. The van der Waals surface area contributed by atoms with Crippen LogP contribution in [0.2, 0.25) is 0 Å². The molecule has 0 spiro atoms. The first-order chi connectivity index (χ1) is 15.8. The van der Waals surface area contributed by atoms with Crippen LogP contribution in [0.15, 0.2) is 48.5 Å². The molecule has 3 heteroatoms. The Hall–Kier alpha value is -2.29. The third-order valence-electron chi connectivity index (χ3n) is 7.38. The summed E-state index contributed by atoms with van der Waals surface area (Å²) in [4.78, 5) is 12.2. The molecule has 2 saturated carbocycles. The molecule has 32 heavy (non-hydrogen) atoms. The average Bonchev–Trinajstić information content (AvgIpc) is 2.86. The molecule has 2 aliphatic carbocycles. The lowest BCUT2D eigenvalue weighted by atomic mass is 9.81. The van der Waals surface area contributed by atoms with Gasteiger partial charge >= 0.3 is 6.16 Å². The number of carbonyl (C=O) groups is 1. The summed E-state index contributed by atoms with van der Waals surface area (Å²) in [7, 11) is 0. The van der Waals surface area contributed by atoms with E-state index in [1.54, 1.807) is 0 Å². The summed E-state index contributed by atoms with van der Waals surface area (Å²) in [6.07, 6.45) is 14.1. The SMILES string of the molecule is O=C(OCCc1ccccc1C1CCCCC1)OCCc1ccccc1C1CCCCC1. The van der Waals surface area contributed by atoms with Crippen LogP contribution >= 0.6 is 0 Å². The predicted octanol–water partition coefficient (Wildman–Crippen LogP) is 7.72. The molecular formula is C29H38O3. The van der Waals surface area contributed by atoms with Gasteiger partial charge in [0.2, 0.25) is 0 Å². The molecule has 0 aromatic heterocycles. The Labute approximate surface area is 193 Å². The van der Waals surface area contributed by atoms with Gasteiger partial charge in [0.05, 0.1) is 13.2 Å². The molecular weight excluding hydrogens is 396 g/mol. The van der Waals surface area contributed by atoms with Gasteiger partial charge in [-0.25, -0.2) is 4.79 Å². The molecule has 4 rings (SSSR count). The number of hydrogen-bond donors (Lipinski definition) is 0. The van der Waals surface area contributed by atoms with Gasteiger partial charge in [-0.15, -0.1) is 0 Å². The topological polar surface area (TPSA) is 35.5 Å². The maximum atomic E-state index is 12.2. The third kappa shape index (κ3) is 6.37. The zero-order chi connectivity index (χ0) is 22.0. The number of rotatable bonds is 8. The van der Waals surface area contributed by atoms with E-state index in [-0.39, 0.29) is 0 Å². The number of hydrogen-bond acceptors (Lipinski definition) is 3. The molecule has 2 fully saturated rings. The standard InChI is InChI=1S/C29H38O3/c30-29(31-21-19-25-15-7-9-17-27(25)23-11-3-1-4-12-23)32-22-20-26-16-8-10-18-28(26)24-13-5-2-6-14-24/h7-10,15-18,23-24H,1-6,11-14,19-22H2. The molecule has 2 aromatic rings. The lowest BCUT2D eigenvalue weighted by Gasteiger charge is -2.24. The zero-order valence-corrected chi connectivity index (χ0v) is 19.4. The highest BCUT2D eigenvalue weighted by molar-refractivity contribution is 5.59. The summed E-state index contributed by atoms with van der Waals surface area (Å²) in [5, 5.41) is 0. The zero-order valence-electron chi connectivity index (χ0n) is 19.4. The Balaban J connectivity index is 1.22. The van der Waals surface area contributed by atoms with Crippen molar-refractivity contribution >= 4 is 6.16 Å². The van der Waals surface area contributed by atoms with Crippen LogP contribution in [0, 0.1) is 0 Å². The summed E-state index contributed by atoms with van der Waals surface area (Å²) >= 11 is 0. The lowest BCUT2D eigenvalue weighted by Crippen LogP contribution is -2.14. The van der Waals surface area contributed by atoms with E-state index in [1.807, 2.05) is 0 Å². The Bertz CT molecular complexity index is 777. The molecule has 0 heterocycles. The van der Waals surface area contributed by atoms with E-state index < -0.39 is 6.16 Å². The second kappa shape index (κ2) is 12.1. The van der Waals surface area contributed by atoms with Crippen molar-refractivity contribution in [2.45, 2.75) is 88.9 Å². The van der Waals surface area contributed by atoms with E-state index in [0.29, 0.717) is 25.0 Å². The van der Waals surface area contributed by atoms with E-state index in [4.69, 9.17) is 9.47 Å². The summed E-state index contributed by atoms with van der Waals surface area (Å²) in [6, 6.07) is 17.3. The van der Waals surface area contributed by atoms with Crippen LogP contribution in [0.3, 0.4) is 0 Å². The van der Waals surface area contributed by atoms with Crippen molar-refractivity contribution in [3.05, 3.63) is 70.8 Å². The first kappa shape index (κ1) is 22.9. The number of ether oxygens (including phenoxy) is 2. The van der Waals surface area contributed by atoms with Crippen LogP contribution in [0.1, 0.15) is 98.3 Å². The summed E-state index contributed by atoms with van der Waals surface area (Å²) < 4.78 is 10.8. The fraction of sp³-hybridized carbons (Fsp3) is 0.552.